The van der Waals surface area contributed by atoms with Gasteiger partial charge in [0.2, 0.25) is 0 Å². The van der Waals surface area contributed by atoms with E-state index in [9.17, 15) is 4.79 Å². The van der Waals surface area contributed by atoms with Crippen molar-refractivity contribution in [3.8, 4) is 0 Å². The summed E-state index contributed by atoms with van der Waals surface area (Å²) in [4.78, 5) is 13.6. The van der Waals surface area contributed by atoms with E-state index in [-0.39, 0.29) is 5.56 Å². The summed E-state index contributed by atoms with van der Waals surface area (Å²) in [5, 5.41) is 7.08. The Morgan fingerprint density at radius 2 is 2.27 bits per heavy atom. The van der Waals surface area contributed by atoms with Crippen molar-refractivity contribution >= 4 is 21.6 Å². The first kappa shape index (κ1) is 12.2. The molecule has 0 amide bonds. The Morgan fingerprint density at radius 3 is 2.87 bits per heavy atom. The zero-order valence-corrected chi connectivity index (χ0v) is 10.7. The Labute approximate surface area is 97.2 Å². The molecule has 0 fully saturated rings. The molecule has 1 heterocycles. The minimum Gasteiger partial charge on any atom is -0.381 e. The van der Waals surface area contributed by atoms with Crippen LogP contribution in [0.4, 0.5) is 5.69 Å². The Balaban J connectivity index is 2.71. The number of hydrogen-bond donors (Lipinski definition) is 1. The quantitative estimate of drug-likeness (QED) is 0.870. The van der Waals surface area contributed by atoms with Crippen LogP contribution in [0.15, 0.2) is 15.5 Å². The van der Waals surface area contributed by atoms with Crippen LogP contribution >= 0.6 is 15.9 Å². The predicted octanol–water partition coefficient (Wildman–Crippen LogP) is 0.516. The Bertz CT molecular complexity index is 388. The van der Waals surface area contributed by atoms with Gasteiger partial charge in [-0.1, -0.05) is 0 Å². The number of nitrogens with one attached hydrogen (secondary N) is 1. The smallest absolute Gasteiger partial charge is 0.282 e. The minimum atomic E-state index is -0.134. The third kappa shape index (κ3) is 3.32. The molecule has 0 saturated carbocycles. The fourth-order valence-corrected chi connectivity index (χ4v) is 1.55. The first-order valence-corrected chi connectivity index (χ1v) is 5.42. The van der Waals surface area contributed by atoms with Gasteiger partial charge in [0, 0.05) is 20.1 Å². The van der Waals surface area contributed by atoms with Crippen LogP contribution in [0, 0.1) is 0 Å². The van der Waals surface area contributed by atoms with Crippen LogP contribution in [0.2, 0.25) is 0 Å². The van der Waals surface area contributed by atoms with Gasteiger partial charge in [-0.3, -0.25) is 4.79 Å². The first-order chi connectivity index (χ1) is 7.02. The molecule has 0 spiro atoms. The molecule has 1 aromatic rings. The maximum absolute atomic E-state index is 11.5. The number of aryl methyl sites for hydroxylation is 1. The van der Waals surface area contributed by atoms with E-state index < -0.39 is 0 Å². The second kappa shape index (κ2) is 5.27. The van der Waals surface area contributed by atoms with Crippen LogP contribution in [0.25, 0.3) is 0 Å². The van der Waals surface area contributed by atoms with Crippen molar-refractivity contribution in [1.29, 1.82) is 0 Å². The number of hydrogen-bond acceptors (Lipinski definition) is 4. The molecule has 5 nitrogen and oxygen atoms in total. The van der Waals surface area contributed by atoms with Crippen molar-refractivity contribution in [2.45, 2.75) is 0 Å². The van der Waals surface area contributed by atoms with Gasteiger partial charge in [0.25, 0.3) is 5.56 Å². The molecule has 0 saturated heterocycles. The summed E-state index contributed by atoms with van der Waals surface area (Å²) in [5.41, 5.74) is 0.602. The van der Waals surface area contributed by atoms with E-state index in [4.69, 9.17) is 0 Å². The lowest BCUT2D eigenvalue weighted by molar-refractivity contribution is 0.425. The summed E-state index contributed by atoms with van der Waals surface area (Å²) >= 11 is 3.25. The number of likely N-dealkylation sites (N-methyl/N-ethyl adjacent to an activating group) is 1. The number of anilines is 1. The van der Waals surface area contributed by atoms with Gasteiger partial charge in [0.05, 0.1) is 11.9 Å². The van der Waals surface area contributed by atoms with Crippen molar-refractivity contribution in [3.05, 3.63) is 21.0 Å². The second-order valence-electron chi connectivity index (χ2n) is 3.53. The van der Waals surface area contributed by atoms with E-state index in [1.165, 1.54) is 4.68 Å². The lowest BCUT2D eigenvalue weighted by Gasteiger charge is -2.12. The number of aromatic nitrogens is 2. The van der Waals surface area contributed by atoms with Gasteiger partial charge in [-0.25, -0.2) is 4.68 Å². The van der Waals surface area contributed by atoms with Gasteiger partial charge in [-0.15, -0.1) is 0 Å². The van der Waals surface area contributed by atoms with Gasteiger partial charge in [0.15, 0.2) is 0 Å². The highest BCUT2D eigenvalue weighted by molar-refractivity contribution is 9.10. The van der Waals surface area contributed by atoms with Gasteiger partial charge in [0.1, 0.15) is 4.47 Å². The molecule has 0 aliphatic heterocycles. The Hall–Kier alpha value is -0.880. The molecule has 6 heteroatoms. The first-order valence-electron chi connectivity index (χ1n) is 4.63. The lowest BCUT2D eigenvalue weighted by atomic mass is 10.4. The van der Waals surface area contributed by atoms with Crippen LogP contribution in [-0.2, 0) is 7.05 Å². The van der Waals surface area contributed by atoms with Gasteiger partial charge >= 0.3 is 0 Å². The van der Waals surface area contributed by atoms with Crippen molar-refractivity contribution in [3.63, 3.8) is 0 Å². The zero-order chi connectivity index (χ0) is 11.4. The largest absolute Gasteiger partial charge is 0.381 e. The lowest BCUT2D eigenvalue weighted by Crippen LogP contribution is -2.24. The third-order valence-electron chi connectivity index (χ3n) is 1.95. The summed E-state index contributed by atoms with van der Waals surface area (Å²) in [6.45, 7) is 1.68. The summed E-state index contributed by atoms with van der Waals surface area (Å²) in [5.74, 6) is 0. The van der Waals surface area contributed by atoms with E-state index in [1.54, 1.807) is 13.2 Å². The summed E-state index contributed by atoms with van der Waals surface area (Å²) in [6, 6.07) is 0. The molecule has 0 aliphatic carbocycles. The number of rotatable bonds is 4. The third-order valence-corrected chi connectivity index (χ3v) is 2.72. The fraction of sp³-hybridized carbons (Fsp3) is 0.556. The number of nitrogens with zero attached hydrogens (tertiary/aromatic N) is 3. The number of halogens is 1. The topological polar surface area (TPSA) is 50.2 Å². The monoisotopic (exact) mass is 274 g/mol. The zero-order valence-electron chi connectivity index (χ0n) is 9.12. The SMILES string of the molecule is CN(C)CCNc1cnn(C)c(=O)c1Br. The molecular weight excluding hydrogens is 260 g/mol. The molecule has 0 aromatic carbocycles. The van der Waals surface area contributed by atoms with Gasteiger partial charge < -0.3 is 10.2 Å². The van der Waals surface area contributed by atoms with E-state index in [2.05, 4.69) is 31.2 Å². The highest BCUT2D eigenvalue weighted by Gasteiger charge is 2.05. The average Bonchev–Trinajstić information content (AvgIpc) is 2.18. The predicted molar refractivity (Wildman–Crippen MR) is 64.2 cm³/mol. The maximum Gasteiger partial charge on any atom is 0.282 e. The highest BCUT2D eigenvalue weighted by Crippen LogP contribution is 2.15. The Morgan fingerprint density at radius 1 is 1.60 bits per heavy atom. The van der Waals surface area contributed by atoms with Crippen LogP contribution < -0.4 is 10.9 Å². The average molecular weight is 275 g/mol. The van der Waals surface area contributed by atoms with Crippen molar-refractivity contribution in [2.75, 3.05) is 32.5 Å². The fourth-order valence-electron chi connectivity index (χ4n) is 1.05. The summed E-state index contributed by atoms with van der Waals surface area (Å²) < 4.78 is 1.82. The second-order valence-corrected chi connectivity index (χ2v) is 4.32. The van der Waals surface area contributed by atoms with Crippen molar-refractivity contribution < 1.29 is 0 Å². The highest BCUT2D eigenvalue weighted by atomic mass is 79.9. The molecule has 0 atom stereocenters. The van der Waals surface area contributed by atoms with Crippen LogP contribution in [-0.4, -0.2) is 41.9 Å². The van der Waals surface area contributed by atoms with Crippen LogP contribution in [0.3, 0.4) is 0 Å². The Kier molecular flexibility index (Phi) is 4.28. The molecule has 0 aliphatic rings. The van der Waals surface area contributed by atoms with Crippen molar-refractivity contribution in [1.82, 2.24) is 14.7 Å². The van der Waals surface area contributed by atoms with Crippen LogP contribution in [0.5, 0.6) is 0 Å². The standard InChI is InChI=1S/C9H15BrN4O/c1-13(2)5-4-11-7-6-12-14(3)9(15)8(7)10/h6,11H,4-5H2,1-3H3. The maximum atomic E-state index is 11.5. The van der Waals surface area contributed by atoms with E-state index in [0.29, 0.717) is 4.47 Å². The summed E-state index contributed by atoms with van der Waals surface area (Å²) in [7, 11) is 5.62. The van der Waals surface area contributed by atoms with E-state index in [1.807, 2.05) is 14.1 Å². The van der Waals surface area contributed by atoms with E-state index in [0.717, 1.165) is 18.8 Å². The minimum absolute atomic E-state index is 0.134. The molecular formula is C9H15BrN4O. The van der Waals surface area contributed by atoms with Gasteiger partial charge in [-0.2, -0.15) is 5.10 Å². The molecule has 15 heavy (non-hydrogen) atoms. The van der Waals surface area contributed by atoms with E-state index >= 15 is 0 Å². The molecule has 84 valence electrons. The molecule has 0 bridgehead atoms. The molecule has 1 N–H and O–H groups in total. The summed E-state index contributed by atoms with van der Waals surface area (Å²) in [6.07, 6.45) is 1.64. The van der Waals surface area contributed by atoms with Crippen molar-refractivity contribution in [2.24, 2.45) is 7.05 Å². The molecule has 1 rings (SSSR count). The van der Waals surface area contributed by atoms with Gasteiger partial charge in [-0.05, 0) is 30.0 Å². The normalized spacial score (nSPS) is 10.7. The molecule has 0 unspecified atom stereocenters. The van der Waals surface area contributed by atoms with Crippen LogP contribution in [0.1, 0.15) is 0 Å². The molecule has 1 aromatic heterocycles. The molecule has 0 radical (unpaired) electrons.